The normalized spacial score (nSPS) is 9.88. The van der Waals surface area contributed by atoms with Crippen LogP contribution in [0.5, 0.6) is 0 Å². The molecule has 0 atom stereocenters. The van der Waals surface area contributed by atoms with Crippen LogP contribution in [0, 0.1) is 17.7 Å². The Morgan fingerprint density at radius 3 is 2.69 bits per heavy atom. The second kappa shape index (κ2) is 5.20. The van der Waals surface area contributed by atoms with Crippen molar-refractivity contribution in [2.75, 3.05) is 13.6 Å². The molecule has 0 radical (unpaired) electrons. The highest BCUT2D eigenvalue weighted by Crippen LogP contribution is 2.09. The minimum absolute atomic E-state index is 0.119. The quantitative estimate of drug-likeness (QED) is 0.442. The van der Waals surface area contributed by atoms with Gasteiger partial charge in [0.25, 0.3) is 0 Å². The van der Waals surface area contributed by atoms with Gasteiger partial charge in [0.2, 0.25) is 0 Å². The van der Waals surface area contributed by atoms with Crippen LogP contribution in [-0.2, 0) is 6.42 Å². The molecule has 0 saturated carbocycles. The van der Waals surface area contributed by atoms with Gasteiger partial charge in [-0.3, -0.25) is 16.1 Å². The van der Waals surface area contributed by atoms with Gasteiger partial charge in [-0.1, -0.05) is 0 Å². The number of nitrogens with zero attached hydrogens (tertiary/aromatic N) is 1. The molecule has 1 rings (SSSR count). The summed E-state index contributed by atoms with van der Waals surface area (Å²) in [5.41, 5.74) is 7.37. The van der Waals surface area contributed by atoms with Crippen molar-refractivity contribution in [2.24, 2.45) is 5.73 Å². The van der Waals surface area contributed by atoms with Crippen molar-refractivity contribution < 1.29 is 4.42 Å². The molecule has 16 heavy (non-hydrogen) atoms. The average molecular weight is 223 g/mol. The Hall–Kier alpha value is -1.98. The fourth-order valence-electron chi connectivity index (χ4n) is 1.27. The van der Waals surface area contributed by atoms with E-state index >= 15 is 0 Å². The van der Waals surface area contributed by atoms with Crippen LogP contribution in [0.2, 0.25) is 0 Å². The van der Waals surface area contributed by atoms with Gasteiger partial charge >= 0.3 is 0 Å². The number of nitrogens with two attached hydrogens (primary N) is 1. The molecule has 1 aromatic rings. The van der Waals surface area contributed by atoms with Crippen molar-refractivity contribution in [3.8, 4) is 0 Å². The smallest absolute Gasteiger partial charge is 0.197 e. The maximum Gasteiger partial charge on any atom is 0.197 e. The summed E-state index contributed by atoms with van der Waals surface area (Å²) in [6.45, 7) is 2.65. The summed E-state index contributed by atoms with van der Waals surface area (Å²) in [6, 6.07) is 0. The lowest BCUT2D eigenvalue weighted by molar-refractivity contribution is 0.489. The molecule has 0 unspecified atom stereocenters. The zero-order valence-electron chi connectivity index (χ0n) is 9.50. The van der Waals surface area contributed by atoms with E-state index in [1.807, 2.05) is 6.92 Å². The minimum atomic E-state index is -0.226. The summed E-state index contributed by atoms with van der Waals surface area (Å²) in [6.07, 6.45) is 4.21. The van der Waals surface area contributed by atoms with E-state index in [-0.39, 0.29) is 11.9 Å². The first-order valence-corrected chi connectivity index (χ1v) is 4.93. The summed E-state index contributed by atoms with van der Waals surface area (Å²) >= 11 is 0. The number of aryl methyl sites for hydroxylation is 1. The maximum absolute atomic E-state index is 7.58. The molecule has 0 aliphatic heterocycles. The highest BCUT2D eigenvalue weighted by atomic mass is 16.3. The van der Waals surface area contributed by atoms with Crippen LogP contribution in [0.25, 0.3) is 0 Å². The number of furan rings is 1. The molecule has 0 aromatic carbocycles. The maximum atomic E-state index is 7.58. The number of hydrogen-bond acceptors (Lipinski definition) is 3. The van der Waals surface area contributed by atoms with Crippen LogP contribution in [0.1, 0.15) is 11.1 Å². The number of hydrogen-bond donors (Lipinski definition) is 4. The van der Waals surface area contributed by atoms with E-state index in [2.05, 4.69) is 5.32 Å². The highest BCUT2D eigenvalue weighted by molar-refractivity contribution is 5.94. The van der Waals surface area contributed by atoms with Crippen LogP contribution >= 0.6 is 0 Å². The standard InChI is InChI=1S/C10H17N5O/c1-7-5-16-6-8(7)3-4-15(2)10(13)14-9(11)12/h5-6H,3-4H2,1-2H3,(H5,11,12,13,14). The third-order valence-corrected chi connectivity index (χ3v) is 2.31. The summed E-state index contributed by atoms with van der Waals surface area (Å²) in [7, 11) is 1.77. The van der Waals surface area contributed by atoms with E-state index < -0.39 is 0 Å². The molecule has 1 heterocycles. The number of nitrogens with one attached hydrogen (secondary N) is 3. The molecular weight excluding hydrogens is 206 g/mol. The van der Waals surface area contributed by atoms with E-state index in [0.717, 1.165) is 17.5 Å². The summed E-state index contributed by atoms with van der Waals surface area (Å²) in [5, 5.41) is 17.0. The number of rotatable bonds is 3. The minimum Gasteiger partial charge on any atom is -0.472 e. The Balaban J connectivity index is 2.41. The van der Waals surface area contributed by atoms with Crippen molar-refractivity contribution >= 4 is 11.9 Å². The molecule has 0 fully saturated rings. The van der Waals surface area contributed by atoms with Gasteiger partial charge in [0.05, 0.1) is 12.5 Å². The first kappa shape index (κ1) is 12.1. The van der Waals surface area contributed by atoms with Crippen LogP contribution in [0.3, 0.4) is 0 Å². The molecular formula is C10H17N5O. The van der Waals surface area contributed by atoms with Crippen LogP contribution in [0.4, 0.5) is 0 Å². The van der Waals surface area contributed by atoms with E-state index in [0.29, 0.717) is 6.54 Å². The van der Waals surface area contributed by atoms with E-state index in [9.17, 15) is 0 Å². The van der Waals surface area contributed by atoms with Crippen molar-refractivity contribution in [1.82, 2.24) is 10.2 Å². The number of likely N-dealkylation sites (N-methyl/N-ethyl adjacent to an activating group) is 1. The van der Waals surface area contributed by atoms with E-state index in [1.54, 1.807) is 24.5 Å². The van der Waals surface area contributed by atoms with Crippen LogP contribution < -0.4 is 11.1 Å². The van der Waals surface area contributed by atoms with E-state index in [1.165, 1.54) is 0 Å². The predicted octanol–water partition coefficient (Wildman–Crippen LogP) is 0.480. The Labute approximate surface area is 94.4 Å². The molecule has 6 heteroatoms. The molecule has 6 nitrogen and oxygen atoms in total. The SMILES string of the molecule is Cc1cocc1CCN(C)C(=N)NC(=N)N. The van der Waals surface area contributed by atoms with Gasteiger partial charge in [0, 0.05) is 13.6 Å². The Morgan fingerprint density at radius 2 is 2.19 bits per heavy atom. The van der Waals surface area contributed by atoms with Crippen LogP contribution in [0.15, 0.2) is 16.9 Å². The predicted molar refractivity (Wildman–Crippen MR) is 62.6 cm³/mol. The zero-order chi connectivity index (χ0) is 12.1. The third-order valence-electron chi connectivity index (χ3n) is 2.31. The lowest BCUT2D eigenvalue weighted by atomic mass is 10.1. The average Bonchev–Trinajstić information content (AvgIpc) is 2.59. The summed E-state index contributed by atoms with van der Waals surface area (Å²) < 4.78 is 5.06. The van der Waals surface area contributed by atoms with Gasteiger partial charge in [-0.15, -0.1) is 0 Å². The van der Waals surface area contributed by atoms with Gasteiger partial charge < -0.3 is 15.1 Å². The lowest BCUT2D eigenvalue weighted by Gasteiger charge is -2.19. The number of guanidine groups is 2. The zero-order valence-corrected chi connectivity index (χ0v) is 9.50. The van der Waals surface area contributed by atoms with Crippen molar-refractivity contribution in [1.29, 1.82) is 10.8 Å². The van der Waals surface area contributed by atoms with Crippen molar-refractivity contribution in [2.45, 2.75) is 13.3 Å². The third kappa shape index (κ3) is 3.30. The molecule has 0 spiro atoms. The summed E-state index contributed by atoms with van der Waals surface area (Å²) in [4.78, 5) is 1.69. The molecule has 0 aliphatic rings. The monoisotopic (exact) mass is 223 g/mol. The van der Waals surface area contributed by atoms with Crippen LogP contribution in [-0.4, -0.2) is 30.4 Å². The highest BCUT2D eigenvalue weighted by Gasteiger charge is 2.07. The van der Waals surface area contributed by atoms with Gasteiger partial charge in [0.15, 0.2) is 11.9 Å². The van der Waals surface area contributed by atoms with Gasteiger partial charge in [0.1, 0.15) is 0 Å². The molecule has 0 amide bonds. The molecule has 5 N–H and O–H groups in total. The molecule has 1 aromatic heterocycles. The van der Waals surface area contributed by atoms with Crippen molar-refractivity contribution in [3.63, 3.8) is 0 Å². The van der Waals surface area contributed by atoms with Crippen molar-refractivity contribution in [3.05, 3.63) is 23.7 Å². The van der Waals surface area contributed by atoms with Gasteiger partial charge in [-0.2, -0.15) is 0 Å². The first-order valence-electron chi connectivity index (χ1n) is 4.93. The fourth-order valence-corrected chi connectivity index (χ4v) is 1.27. The molecule has 88 valence electrons. The first-order chi connectivity index (χ1) is 7.50. The molecule has 0 aliphatic carbocycles. The Bertz CT molecular complexity index is 384. The second-order valence-electron chi connectivity index (χ2n) is 3.64. The molecule has 0 saturated heterocycles. The Morgan fingerprint density at radius 1 is 1.50 bits per heavy atom. The summed E-state index contributed by atoms with van der Waals surface area (Å²) in [5.74, 6) is -0.106. The second-order valence-corrected chi connectivity index (χ2v) is 3.64. The topological polar surface area (TPSA) is 102 Å². The van der Waals surface area contributed by atoms with Gasteiger partial charge in [-0.25, -0.2) is 0 Å². The Kier molecular flexibility index (Phi) is 3.93. The van der Waals surface area contributed by atoms with Gasteiger partial charge in [-0.05, 0) is 24.5 Å². The largest absolute Gasteiger partial charge is 0.472 e. The molecule has 0 bridgehead atoms. The lowest BCUT2D eigenvalue weighted by Crippen LogP contribution is -2.44. The van der Waals surface area contributed by atoms with E-state index in [4.69, 9.17) is 21.0 Å². The fraction of sp³-hybridized carbons (Fsp3) is 0.400.